The van der Waals surface area contributed by atoms with Gasteiger partial charge in [0.1, 0.15) is 11.3 Å². The summed E-state index contributed by atoms with van der Waals surface area (Å²) in [5, 5.41) is 24.6. The van der Waals surface area contributed by atoms with Gasteiger partial charge in [0.25, 0.3) is 5.69 Å². The van der Waals surface area contributed by atoms with Gasteiger partial charge in [0, 0.05) is 56.2 Å². The van der Waals surface area contributed by atoms with E-state index in [0.29, 0.717) is 12.2 Å². The van der Waals surface area contributed by atoms with Crippen molar-refractivity contribution >= 4 is 17.3 Å². The number of ether oxygens (including phenoxy) is 1. The first-order valence-electron chi connectivity index (χ1n) is 6.92. The number of nitro groups is 1. The van der Waals surface area contributed by atoms with Crippen LogP contribution in [0.25, 0.3) is 5.32 Å². The average molecular weight is 542 g/mol. The van der Waals surface area contributed by atoms with Crippen molar-refractivity contribution < 1.29 is 63.6 Å². The predicted molar refractivity (Wildman–Crippen MR) is 83.9 cm³/mol. The molecule has 0 amide bonds. The topological polar surface area (TPSA) is 104 Å². The zero-order valence-electron chi connectivity index (χ0n) is 13.0. The van der Waals surface area contributed by atoms with Gasteiger partial charge < -0.3 is 15.2 Å². The molecule has 2 aromatic rings. The van der Waals surface area contributed by atoms with Crippen LogP contribution in [0.1, 0.15) is 22.8 Å². The second-order valence-electron chi connectivity index (χ2n) is 4.66. The molecule has 0 saturated carbocycles. The van der Waals surface area contributed by atoms with Gasteiger partial charge in [0.15, 0.2) is 0 Å². The van der Waals surface area contributed by atoms with Gasteiger partial charge in [-0.3, -0.25) is 10.1 Å². The molecule has 0 spiro atoms. The smallest absolute Gasteiger partial charge is 0.341 e. The van der Waals surface area contributed by atoms with Crippen LogP contribution < -0.4 is 0 Å². The summed E-state index contributed by atoms with van der Waals surface area (Å²) in [5.41, 5.74) is 1.37. The quantitative estimate of drug-likeness (QED) is 0.341. The Morgan fingerprint density at radius 2 is 1.92 bits per heavy atom. The molecule has 0 unspecified atom stereocenters. The van der Waals surface area contributed by atoms with Crippen LogP contribution in [0.3, 0.4) is 0 Å². The van der Waals surface area contributed by atoms with Crippen LogP contribution in [0.4, 0.5) is 11.4 Å². The van der Waals surface area contributed by atoms with Crippen LogP contribution in [-0.2, 0) is 11.3 Å². The first-order valence-corrected chi connectivity index (χ1v) is 6.92. The van der Waals surface area contributed by atoms with Crippen molar-refractivity contribution in [2.75, 3.05) is 6.61 Å². The molecule has 0 fully saturated rings. The molecular formula is C16H15AcN2O5-. The van der Waals surface area contributed by atoms with Crippen molar-refractivity contribution in [3.05, 3.63) is 69.0 Å². The molecule has 0 aliphatic heterocycles. The number of phenolic OH excluding ortho intramolecular Hbond substituents is 1. The van der Waals surface area contributed by atoms with E-state index >= 15 is 0 Å². The monoisotopic (exact) mass is 542 g/mol. The number of nitrogens with zero attached hydrogens (tertiary/aromatic N) is 2. The summed E-state index contributed by atoms with van der Waals surface area (Å²) in [6.07, 6.45) is 0. The van der Waals surface area contributed by atoms with Crippen LogP contribution in [0.2, 0.25) is 0 Å². The van der Waals surface area contributed by atoms with E-state index in [0.717, 1.165) is 5.56 Å². The van der Waals surface area contributed by atoms with E-state index < -0.39 is 10.9 Å². The van der Waals surface area contributed by atoms with E-state index in [1.54, 1.807) is 25.1 Å². The largest absolute Gasteiger partial charge is 0.681 e. The van der Waals surface area contributed by atoms with Crippen LogP contribution in [-0.4, -0.2) is 22.6 Å². The summed E-state index contributed by atoms with van der Waals surface area (Å²) in [4.78, 5) is 21.8. The van der Waals surface area contributed by atoms with E-state index in [1.165, 1.54) is 24.3 Å². The van der Waals surface area contributed by atoms with Gasteiger partial charge >= 0.3 is 5.97 Å². The minimum absolute atomic E-state index is 0. The summed E-state index contributed by atoms with van der Waals surface area (Å²) in [6, 6.07) is 10.4. The molecule has 2 aromatic carbocycles. The maximum absolute atomic E-state index is 11.7. The zero-order valence-corrected chi connectivity index (χ0v) is 17.8. The van der Waals surface area contributed by atoms with Crippen molar-refractivity contribution in [1.82, 2.24) is 0 Å². The summed E-state index contributed by atoms with van der Waals surface area (Å²) < 4.78 is 4.86. The van der Waals surface area contributed by atoms with Gasteiger partial charge in [-0.1, -0.05) is 29.8 Å². The Labute approximate surface area is 174 Å². The van der Waals surface area contributed by atoms with Gasteiger partial charge in [0.2, 0.25) is 0 Å². The number of aromatic hydroxyl groups is 1. The first-order chi connectivity index (χ1) is 11.0. The van der Waals surface area contributed by atoms with Gasteiger partial charge in [-0.15, -0.1) is 12.2 Å². The molecule has 0 aliphatic rings. The Kier molecular flexibility index (Phi) is 8.16. The number of carbonyl (C=O) groups is 1. The van der Waals surface area contributed by atoms with E-state index in [1.807, 2.05) is 0 Å². The minimum atomic E-state index is -0.614. The molecule has 24 heavy (non-hydrogen) atoms. The van der Waals surface area contributed by atoms with Crippen LogP contribution in [0.15, 0.2) is 42.5 Å². The Morgan fingerprint density at radius 1 is 1.25 bits per heavy atom. The number of carbonyl (C=O) groups excluding carboxylic acids is 1. The third-order valence-corrected chi connectivity index (χ3v) is 3.07. The molecule has 0 atom stereocenters. The maximum atomic E-state index is 11.7. The molecule has 8 heteroatoms. The minimum Gasteiger partial charge on any atom is -0.681 e. The van der Waals surface area contributed by atoms with Crippen LogP contribution in [0, 0.1) is 54.2 Å². The number of benzene rings is 2. The number of hydrogen-bond acceptors (Lipinski definition) is 5. The summed E-state index contributed by atoms with van der Waals surface area (Å²) in [5.74, 6) is -0.782. The summed E-state index contributed by atoms with van der Waals surface area (Å²) in [6.45, 7) is 2.19. The fraction of sp³-hybridized carbons (Fsp3) is 0.188. The van der Waals surface area contributed by atoms with Gasteiger partial charge in [-0.2, -0.15) is 0 Å². The molecule has 1 N–H and O–H groups in total. The Morgan fingerprint density at radius 3 is 2.50 bits per heavy atom. The standard InChI is InChI=1S/C16H15N2O5.Ac/c1-2-23-16(20)14-9-12(5-8-15(14)19)17-10-11-3-6-13(7-4-11)18(21)22;/h3-9H,2,10H2,1H3,(H,19,20);/q-1;. The second kappa shape index (κ2) is 9.60. The van der Waals surface area contributed by atoms with E-state index in [2.05, 4.69) is 5.32 Å². The molecule has 0 aliphatic carbocycles. The molecular weight excluding hydrogens is 527 g/mol. The third kappa shape index (κ3) is 5.46. The zero-order chi connectivity index (χ0) is 16.8. The predicted octanol–water partition coefficient (Wildman–Crippen LogP) is 3.68. The normalized spacial score (nSPS) is 9.71. The SMILES string of the molecule is CCOC(=O)c1cc([N-]Cc2ccc([N+](=O)[O-])cc2)ccc1O.[Ac]. The number of nitro benzene ring substituents is 1. The molecule has 0 bridgehead atoms. The number of hydrogen-bond donors (Lipinski definition) is 1. The Hall–Kier alpha value is -1.65. The van der Waals surface area contributed by atoms with Gasteiger partial charge in [-0.25, -0.2) is 4.79 Å². The first kappa shape index (κ1) is 20.4. The average Bonchev–Trinajstić information content (AvgIpc) is 2.54. The van der Waals surface area contributed by atoms with Crippen molar-refractivity contribution in [2.24, 2.45) is 0 Å². The summed E-state index contributed by atoms with van der Waals surface area (Å²) in [7, 11) is 0. The molecule has 1 radical (unpaired) electrons. The van der Waals surface area contributed by atoms with Crippen LogP contribution in [0.5, 0.6) is 5.75 Å². The Bertz CT molecular complexity index is 719. The van der Waals surface area contributed by atoms with Gasteiger partial charge in [0.05, 0.1) is 11.5 Å². The van der Waals surface area contributed by atoms with Crippen molar-refractivity contribution in [3.63, 3.8) is 0 Å². The number of non-ortho nitro benzene ring substituents is 1. The molecule has 123 valence electrons. The van der Waals surface area contributed by atoms with Gasteiger partial charge in [-0.05, 0) is 13.0 Å². The molecule has 7 nitrogen and oxygen atoms in total. The van der Waals surface area contributed by atoms with Crippen molar-refractivity contribution in [1.29, 1.82) is 0 Å². The second-order valence-corrected chi connectivity index (χ2v) is 4.66. The number of phenols is 1. The van der Waals surface area contributed by atoms with Crippen molar-refractivity contribution in [3.8, 4) is 5.75 Å². The van der Waals surface area contributed by atoms with Crippen molar-refractivity contribution in [2.45, 2.75) is 13.5 Å². The fourth-order valence-electron chi connectivity index (χ4n) is 1.90. The maximum Gasteiger partial charge on any atom is 0.341 e. The van der Waals surface area contributed by atoms with Crippen LogP contribution >= 0.6 is 0 Å². The molecule has 2 rings (SSSR count). The summed E-state index contributed by atoms with van der Waals surface area (Å²) >= 11 is 0. The number of esters is 1. The number of rotatable bonds is 6. The van der Waals surface area contributed by atoms with E-state index in [-0.39, 0.29) is 67.7 Å². The van der Waals surface area contributed by atoms with E-state index in [9.17, 15) is 20.0 Å². The molecule has 0 aromatic heterocycles. The Balaban J connectivity index is 0.00000288. The fourth-order valence-corrected chi connectivity index (χ4v) is 1.90. The van der Waals surface area contributed by atoms with E-state index in [4.69, 9.17) is 4.74 Å². The third-order valence-electron chi connectivity index (χ3n) is 3.07. The molecule has 0 saturated heterocycles. The molecule has 0 heterocycles.